The van der Waals surface area contributed by atoms with Crippen LogP contribution in [0.4, 0.5) is 10.5 Å². The van der Waals surface area contributed by atoms with E-state index in [9.17, 15) is 19.7 Å². The Balaban J connectivity index is 2.03. The molecule has 0 fully saturated rings. The van der Waals surface area contributed by atoms with Crippen molar-refractivity contribution >= 4 is 17.7 Å². The molecule has 186 valence electrons. The van der Waals surface area contributed by atoms with Crippen molar-refractivity contribution in [3.8, 4) is 11.5 Å². The second-order valence-electron chi connectivity index (χ2n) is 8.61. The van der Waals surface area contributed by atoms with Gasteiger partial charge in [0.2, 0.25) is 5.75 Å². The highest BCUT2D eigenvalue weighted by Gasteiger charge is 2.35. The van der Waals surface area contributed by atoms with Gasteiger partial charge in [0.1, 0.15) is 6.61 Å². The molecule has 0 bridgehead atoms. The summed E-state index contributed by atoms with van der Waals surface area (Å²) in [6.07, 6.45) is 0. The molecule has 1 atom stereocenters. The Morgan fingerprint density at radius 1 is 1.20 bits per heavy atom. The number of nitro groups is 1. The second kappa shape index (κ2) is 10.9. The summed E-state index contributed by atoms with van der Waals surface area (Å²) in [4.78, 5) is 36.5. The molecule has 35 heavy (non-hydrogen) atoms. The van der Waals surface area contributed by atoms with E-state index in [1.807, 2.05) is 45.0 Å². The number of urea groups is 1. The maximum atomic E-state index is 12.9. The Kier molecular flexibility index (Phi) is 7.95. The molecule has 1 aliphatic rings. The van der Waals surface area contributed by atoms with E-state index in [1.54, 1.807) is 6.92 Å². The fourth-order valence-corrected chi connectivity index (χ4v) is 3.66. The Morgan fingerprint density at radius 2 is 1.91 bits per heavy atom. The Hall–Kier alpha value is -4.08. The molecule has 0 aromatic heterocycles. The van der Waals surface area contributed by atoms with Crippen LogP contribution in [0.2, 0.25) is 0 Å². The molecule has 1 unspecified atom stereocenters. The van der Waals surface area contributed by atoms with E-state index in [0.717, 1.165) is 11.1 Å². The molecule has 10 heteroatoms. The van der Waals surface area contributed by atoms with Crippen molar-refractivity contribution in [2.75, 3.05) is 13.7 Å². The summed E-state index contributed by atoms with van der Waals surface area (Å²) in [6.45, 7) is 7.57. The van der Waals surface area contributed by atoms with Crippen LogP contribution < -0.4 is 20.1 Å². The number of hydrogen-bond donors (Lipinski definition) is 2. The minimum absolute atomic E-state index is 0.0469. The van der Waals surface area contributed by atoms with Crippen molar-refractivity contribution in [2.24, 2.45) is 5.92 Å². The van der Waals surface area contributed by atoms with Gasteiger partial charge in [-0.25, -0.2) is 9.59 Å². The smallest absolute Gasteiger partial charge is 0.338 e. The number of carbonyl (C=O) groups is 2. The number of carbonyl (C=O) groups excluding carboxylic acids is 2. The fraction of sp³-hybridized carbons (Fsp3) is 0.360. The van der Waals surface area contributed by atoms with Crippen molar-refractivity contribution < 1.29 is 28.7 Å². The zero-order valence-electron chi connectivity index (χ0n) is 20.3. The van der Waals surface area contributed by atoms with Crippen LogP contribution >= 0.6 is 0 Å². The van der Waals surface area contributed by atoms with Crippen molar-refractivity contribution in [3.63, 3.8) is 0 Å². The number of nitro benzene ring substituents is 1. The van der Waals surface area contributed by atoms with Crippen molar-refractivity contribution in [3.05, 3.63) is 74.5 Å². The number of benzene rings is 2. The van der Waals surface area contributed by atoms with Gasteiger partial charge >= 0.3 is 17.7 Å². The highest BCUT2D eigenvalue weighted by molar-refractivity contribution is 5.95. The number of rotatable bonds is 9. The summed E-state index contributed by atoms with van der Waals surface area (Å²) < 4.78 is 16.6. The van der Waals surface area contributed by atoms with Gasteiger partial charge in [0, 0.05) is 11.8 Å². The molecular formula is C25H29N3O7. The molecule has 0 radical (unpaired) electrons. The Bertz CT molecular complexity index is 1170. The standard InChI is InChI=1S/C25H29N3O7/c1-14(2)12-35-24(29)21-16(4)26-25(30)27-22(21)18-10-19(28(31)32)23(20(11-18)33-5)34-13-17-9-7-6-8-15(17)3/h6-11,14,22H,12-13H2,1-5H3,(H2,26,27,30). The number of ether oxygens (including phenoxy) is 3. The van der Waals surface area contributed by atoms with Crippen LogP contribution in [0.3, 0.4) is 0 Å². The van der Waals surface area contributed by atoms with Gasteiger partial charge in [-0.05, 0) is 42.5 Å². The number of amides is 2. The van der Waals surface area contributed by atoms with Crippen molar-refractivity contribution in [2.45, 2.75) is 40.3 Å². The minimum atomic E-state index is -0.985. The molecule has 2 aromatic carbocycles. The zero-order valence-corrected chi connectivity index (χ0v) is 20.3. The summed E-state index contributed by atoms with van der Waals surface area (Å²) in [5, 5.41) is 17.2. The van der Waals surface area contributed by atoms with Crippen LogP contribution in [0.25, 0.3) is 0 Å². The topological polar surface area (TPSA) is 129 Å². The first kappa shape index (κ1) is 25.5. The van der Waals surface area contributed by atoms with Crippen LogP contribution in [0, 0.1) is 23.0 Å². The molecule has 2 aromatic rings. The van der Waals surface area contributed by atoms with E-state index in [0.29, 0.717) is 5.70 Å². The monoisotopic (exact) mass is 483 g/mol. The predicted octanol–water partition coefficient (Wildman–Crippen LogP) is 4.32. The SMILES string of the molecule is COc1cc(C2NC(=O)NC(C)=C2C(=O)OCC(C)C)cc([N+](=O)[O-])c1OCc1ccccc1C. The maximum Gasteiger partial charge on any atom is 0.338 e. The summed E-state index contributed by atoms with van der Waals surface area (Å²) in [7, 11) is 1.36. The quantitative estimate of drug-likeness (QED) is 0.309. The van der Waals surface area contributed by atoms with E-state index in [2.05, 4.69) is 10.6 Å². The third-order valence-electron chi connectivity index (χ3n) is 5.48. The molecule has 0 spiro atoms. The van der Waals surface area contributed by atoms with Crippen molar-refractivity contribution in [1.82, 2.24) is 10.6 Å². The van der Waals surface area contributed by atoms with Gasteiger partial charge in [-0.3, -0.25) is 10.1 Å². The molecule has 2 amide bonds. The van der Waals surface area contributed by atoms with Gasteiger partial charge in [-0.1, -0.05) is 38.1 Å². The third-order valence-corrected chi connectivity index (χ3v) is 5.48. The highest BCUT2D eigenvalue weighted by atomic mass is 16.6. The third kappa shape index (κ3) is 5.89. The largest absolute Gasteiger partial charge is 0.493 e. The van der Waals surface area contributed by atoms with Crippen molar-refractivity contribution in [1.29, 1.82) is 0 Å². The van der Waals surface area contributed by atoms with Crippen LogP contribution in [0.1, 0.15) is 43.5 Å². The van der Waals surface area contributed by atoms with Crippen LogP contribution in [0.5, 0.6) is 11.5 Å². The zero-order chi connectivity index (χ0) is 25.7. The molecule has 2 N–H and O–H groups in total. The molecule has 3 rings (SSSR count). The average Bonchev–Trinajstić information content (AvgIpc) is 2.81. The Morgan fingerprint density at radius 3 is 2.54 bits per heavy atom. The lowest BCUT2D eigenvalue weighted by Crippen LogP contribution is -2.45. The van der Waals surface area contributed by atoms with E-state index < -0.39 is 23.0 Å². The molecule has 10 nitrogen and oxygen atoms in total. The molecular weight excluding hydrogens is 454 g/mol. The Labute approximate surface area is 203 Å². The number of allylic oxidation sites excluding steroid dienone is 1. The number of nitrogens with one attached hydrogen (secondary N) is 2. The van der Waals surface area contributed by atoms with E-state index in [1.165, 1.54) is 19.2 Å². The molecule has 0 aliphatic carbocycles. The summed E-state index contributed by atoms with van der Waals surface area (Å²) >= 11 is 0. The first-order valence-electron chi connectivity index (χ1n) is 11.1. The lowest BCUT2D eigenvalue weighted by molar-refractivity contribution is -0.386. The minimum Gasteiger partial charge on any atom is -0.493 e. The lowest BCUT2D eigenvalue weighted by atomic mass is 9.94. The van der Waals surface area contributed by atoms with Gasteiger partial charge in [0.25, 0.3) is 0 Å². The summed E-state index contributed by atoms with van der Waals surface area (Å²) in [6, 6.07) is 8.79. The molecule has 1 heterocycles. The first-order chi connectivity index (χ1) is 16.6. The molecule has 0 saturated carbocycles. The number of hydrogen-bond acceptors (Lipinski definition) is 7. The van der Waals surface area contributed by atoms with Crippen LogP contribution in [-0.4, -0.2) is 30.6 Å². The van der Waals surface area contributed by atoms with E-state index in [-0.39, 0.29) is 47.5 Å². The van der Waals surface area contributed by atoms with E-state index in [4.69, 9.17) is 14.2 Å². The number of methoxy groups -OCH3 is 1. The fourth-order valence-electron chi connectivity index (χ4n) is 3.66. The van der Waals surface area contributed by atoms with Gasteiger partial charge in [-0.2, -0.15) is 0 Å². The second-order valence-corrected chi connectivity index (χ2v) is 8.61. The van der Waals surface area contributed by atoms with E-state index >= 15 is 0 Å². The maximum absolute atomic E-state index is 12.9. The lowest BCUT2D eigenvalue weighted by Gasteiger charge is -2.28. The van der Waals surface area contributed by atoms with Crippen LogP contribution in [0.15, 0.2) is 47.7 Å². The van der Waals surface area contributed by atoms with Gasteiger partial charge < -0.3 is 24.8 Å². The summed E-state index contributed by atoms with van der Waals surface area (Å²) in [5.74, 6) is -0.469. The summed E-state index contributed by atoms with van der Waals surface area (Å²) in [5.41, 5.74) is 2.22. The number of esters is 1. The number of nitrogens with zero attached hydrogens (tertiary/aromatic N) is 1. The van der Waals surface area contributed by atoms with Gasteiger partial charge in [0.15, 0.2) is 5.75 Å². The first-order valence-corrected chi connectivity index (χ1v) is 11.1. The van der Waals surface area contributed by atoms with Crippen LogP contribution in [-0.2, 0) is 16.1 Å². The highest BCUT2D eigenvalue weighted by Crippen LogP contribution is 2.42. The molecule has 0 saturated heterocycles. The predicted molar refractivity (Wildman–Crippen MR) is 128 cm³/mol. The molecule has 1 aliphatic heterocycles. The van der Waals surface area contributed by atoms with Gasteiger partial charge in [0.05, 0.1) is 30.3 Å². The normalized spacial score (nSPS) is 15.4. The number of aryl methyl sites for hydroxylation is 1. The van der Waals surface area contributed by atoms with Gasteiger partial charge in [-0.15, -0.1) is 0 Å². The average molecular weight is 484 g/mol.